The van der Waals surface area contributed by atoms with Crippen molar-refractivity contribution in [3.8, 4) is 0 Å². The zero-order chi connectivity index (χ0) is 21.4. The fraction of sp³-hybridized carbons (Fsp3) is 0.565. The lowest BCUT2D eigenvalue weighted by Gasteiger charge is -2.19. The number of amides is 2. The summed E-state index contributed by atoms with van der Waals surface area (Å²) in [6, 6.07) is 4.16. The van der Waals surface area contributed by atoms with Gasteiger partial charge in [0, 0.05) is 46.0 Å². The Hall–Kier alpha value is -2.90. The maximum absolute atomic E-state index is 12.8. The molecule has 3 fully saturated rings. The molecule has 2 amide bonds. The van der Waals surface area contributed by atoms with Gasteiger partial charge in [-0.25, -0.2) is 4.98 Å². The molecule has 3 heterocycles. The number of imide groups is 1. The van der Waals surface area contributed by atoms with E-state index in [0.717, 1.165) is 30.9 Å². The average Bonchev–Trinajstić information content (AvgIpc) is 3.58. The molecule has 0 aromatic carbocycles. The fourth-order valence-electron chi connectivity index (χ4n) is 5.53. The molecule has 4 atom stereocenters. The van der Waals surface area contributed by atoms with Gasteiger partial charge in [0.25, 0.3) is 0 Å². The van der Waals surface area contributed by atoms with Crippen LogP contribution in [0.15, 0.2) is 35.5 Å². The molecule has 0 spiro atoms. The number of anilines is 1. The van der Waals surface area contributed by atoms with Crippen molar-refractivity contribution >= 4 is 23.6 Å². The molecule has 8 nitrogen and oxygen atoms in total. The number of hydrogen-bond donors (Lipinski definition) is 2. The normalized spacial score (nSPS) is 29.3. The molecule has 2 aliphatic heterocycles. The number of likely N-dealkylation sites (tertiary alicyclic amines) is 1. The minimum atomic E-state index is -0.129. The zero-order valence-electron chi connectivity index (χ0n) is 18.0. The Kier molecular flexibility index (Phi) is 5.38. The fourth-order valence-corrected chi connectivity index (χ4v) is 5.53. The van der Waals surface area contributed by atoms with E-state index >= 15 is 0 Å². The molecule has 2 aliphatic carbocycles. The quantitative estimate of drug-likeness (QED) is 0.309. The predicted octanol–water partition coefficient (Wildman–Crippen LogP) is 1.15. The molecular weight excluding hydrogens is 392 g/mol. The summed E-state index contributed by atoms with van der Waals surface area (Å²) in [5.41, 5.74) is 1.08. The lowest BCUT2D eigenvalue weighted by atomic mass is 9.85. The Morgan fingerprint density at radius 1 is 1.10 bits per heavy atom. The topological polar surface area (TPSA) is 89.9 Å². The number of carbonyl (C=O) groups is 2. The standard InChI is InChI=1S/C23H30N6O2/c1-24-23(27-14-15-4-7-18(26-13-15)28-9-2-3-10-28)25-8-11-29-21(30)19-16-5-6-17(12-16)20(19)22(29)31/h4-7,13,16-17,19-20H,2-3,8-12,14H2,1H3,(H2,24,25,27). The van der Waals surface area contributed by atoms with Crippen LogP contribution in [0.4, 0.5) is 5.82 Å². The Labute approximate surface area is 182 Å². The minimum Gasteiger partial charge on any atom is -0.357 e. The van der Waals surface area contributed by atoms with Crippen LogP contribution in [-0.4, -0.2) is 60.9 Å². The smallest absolute Gasteiger partial charge is 0.233 e. The van der Waals surface area contributed by atoms with Crippen LogP contribution in [0, 0.1) is 23.7 Å². The zero-order valence-corrected chi connectivity index (χ0v) is 18.0. The van der Waals surface area contributed by atoms with Gasteiger partial charge < -0.3 is 15.5 Å². The van der Waals surface area contributed by atoms with Crippen molar-refractivity contribution < 1.29 is 9.59 Å². The average molecular weight is 423 g/mol. The summed E-state index contributed by atoms with van der Waals surface area (Å²) in [6.07, 6.45) is 9.58. The molecule has 1 saturated carbocycles. The highest BCUT2D eigenvalue weighted by Crippen LogP contribution is 2.52. The van der Waals surface area contributed by atoms with E-state index < -0.39 is 0 Å². The van der Waals surface area contributed by atoms with Gasteiger partial charge in [-0.05, 0) is 42.7 Å². The van der Waals surface area contributed by atoms with Gasteiger partial charge in [-0.1, -0.05) is 18.2 Å². The summed E-state index contributed by atoms with van der Waals surface area (Å²) in [5.74, 6) is 1.93. The summed E-state index contributed by atoms with van der Waals surface area (Å²) >= 11 is 0. The number of allylic oxidation sites excluding steroid dienone is 2. The van der Waals surface area contributed by atoms with Crippen LogP contribution in [0.25, 0.3) is 0 Å². The first kappa shape index (κ1) is 20.0. The molecule has 5 rings (SSSR count). The largest absolute Gasteiger partial charge is 0.357 e. The molecule has 1 aromatic heterocycles. The summed E-state index contributed by atoms with van der Waals surface area (Å²) in [5, 5.41) is 6.49. The maximum atomic E-state index is 12.8. The number of carbonyl (C=O) groups excluding carboxylic acids is 2. The van der Waals surface area contributed by atoms with E-state index in [1.807, 2.05) is 6.20 Å². The first-order valence-electron chi connectivity index (χ1n) is 11.3. The molecule has 1 aromatic rings. The van der Waals surface area contributed by atoms with Crippen LogP contribution in [-0.2, 0) is 16.1 Å². The molecule has 0 radical (unpaired) electrons. The Morgan fingerprint density at radius 2 is 1.81 bits per heavy atom. The second-order valence-corrected chi connectivity index (χ2v) is 8.90. The van der Waals surface area contributed by atoms with E-state index in [1.165, 1.54) is 17.7 Å². The molecule has 31 heavy (non-hydrogen) atoms. The third kappa shape index (κ3) is 3.68. The third-order valence-corrected chi connectivity index (χ3v) is 7.11. The first-order chi connectivity index (χ1) is 15.2. The molecule has 2 saturated heterocycles. The lowest BCUT2D eigenvalue weighted by Crippen LogP contribution is -2.43. The number of pyridine rings is 1. The Morgan fingerprint density at radius 3 is 2.42 bits per heavy atom. The number of fused-ring (bicyclic) bond motifs is 5. The number of guanidine groups is 1. The molecule has 2 bridgehead atoms. The van der Waals surface area contributed by atoms with Gasteiger partial charge in [0.1, 0.15) is 5.82 Å². The summed E-state index contributed by atoms with van der Waals surface area (Å²) < 4.78 is 0. The van der Waals surface area contributed by atoms with Crippen LogP contribution in [0.1, 0.15) is 24.8 Å². The van der Waals surface area contributed by atoms with Crippen LogP contribution >= 0.6 is 0 Å². The number of aromatic nitrogens is 1. The van der Waals surface area contributed by atoms with Gasteiger partial charge in [0.15, 0.2) is 5.96 Å². The van der Waals surface area contributed by atoms with E-state index in [4.69, 9.17) is 0 Å². The highest BCUT2D eigenvalue weighted by molar-refractivity contribution is 6.06. The second kappa shape index (κ2) is 8.32. The predicted molar refractivity (Wildman–Crippen MR) is 118 cm³/mol. The number of nitrogens with zero attached hydrogens (tertiary/aromatic N) is 4. The highest BCUT2D eigenvalue weighted by Gasteiger charge is 2.58. The van der Waals surface area contributed by atoms with E-state index in [9.17, 15) is 9.59 Å². The van der Waals surface area contributed by atoms with Crippen molar-refractivity contribution in [1.29, 1.82) is 0 Å². The number of hydrogen-bond acceptors (Lipinski definition) is 5. The maximum Gasteiger partial charge on any atom is 0.233 e. The number of nitrogens with one attached hydrogen (secondary N) is 2. The van der Waals surface area contributed by atoms with Gasteiger partial charge in [0.05, 0.1) is 11.8 Å². The van der Waals surface area contributed by atoms with Crippen LogP contribution in [0.2, 0.25) is 0 Å². The van der Waals surface area contributed by atoms with Gasteiger partial charge in [-0.15, -0.1) is 0 Å². The Balaban J connectivity index is 1.09. The summed E-state index contributed by atoms with van der Waals surface area (Å²) in [4.78, 5) is 38.1. The Bertz CT molecular complexity index is 875. The van der Waals surface area contributed by atoms with Crippen LogP contribution in [0.3, 0.4) is 0 Å². The van der Waals surface area contributed by atoms with Crippen molar-refractivity contribution in [3.63, 3.8) is 0 Å². The molecule has 164 valence electrons. The number of aliphatic imine (C=N–C) groups is 1. The SMILES string of the molecule is CN=C(NCCN1C(=O)C2C3C=CC(C3)C2C1=O)NCc1ccc(N2CCCC2)nc1. The van der Waals surface area contributed by atoms with Crippen molar-refractivity contribution in [3.05, 3.63) is 36.0 Å². The monoisotopic (exact) mass is 422 g/mol. The summed E-state index contributed by atoms with van der Waals surface area (Å²) in [6.45, 7) is 3.63. The van der Waals surface area contributed by atoms with Crippen molar-refractivity contribution in [1.82, 2.24) is 20.5 Å². The molecule has 8 heteroatoms. The molecule has 4 aliphatic rings. The molecular formula is C23H30N6O2. The van der Waals surface area contributed by atoms with E-state index in [0.29, 0.717) is 25.6 Å². The highest BCUT2D eigenvalue weighted by atomic mass is 16.2. The van der Waals surface area contributed by atoms with E-state index in [1.54, 1.807) is 7.05 Å². The van der Waals surface area contributed by atoms with Crippen molar-refractivity contribution in [2.24, 2.45) is 28.7 Å². The van der Waals surface area contributed by atoms with Crippen LogP contribution < -0.4 is 15.5 Å². The lowest BCUT2D eigenvalue weighted by molar-refractivity contribution is -0.140. The van der Waals surface area contributed by atoms with Gasteiger partial charge >= 0.3 is 0 Å². The van der Waals surface area contributed by atoms with E-state index in [-0.39, 0.29) is 35.5 Å². The van der Waals surface area contributed by atoms with E-state index in [2.05, 4.69) is 49.8 Å². The van der Waals surface area contributed by atoms with Gasteiger partial charge in [-0.2, -0.15) is 0 Å². The third-order valence-electron chi connectivity index (χ3n) is 7.11. The number of rotatable bonds is 6. The van der Waals surface area contributed by atoms with Gasteiger partial charge in [0.2, 0.25) is 11.8 Å². The second-order valence-electron chi connectivity index (χ2n) is 8.90. The molecule has 4 unspecified atom stereocenters. The molecule has 2 N–H and O–H groups in total. The first-order valence-corrected chi connectivity index (χ1v) is 11.3. The summed E-state index contributed by atoms with van der Waals surface area (Å²) in [7, 11) is 1.71. The van der Waals surface area contributed by atoms with Crippen LogP contribution in [0.5, 0.6) is 0 Å². The van der Waals surface area contributed by atoms with Crippen molar-refractivity contribution in [2.45, 2.75) is 25.8 Å². The minimum absolute atomic E-state index is 0.000706. The van der Waals surface area contributed by atoms with Gasteiger partial charge in [-0.3, -0.25) is 19.5 Å². The van der Waals surface area contributed by atoms with Crippen molar-refractivity contribution in [2.75, 3.05) is 38.1 Å².